The first-order chi connectivity index (χ1) is 12.5. The number of nitrogens with one attached hydrogen (secondary N) is 1. The summed E-state index contributed by atoms with van der Waals surface area (Å²) in [6.07, 6.45) is 5.85. The predicted molar refractivity (Wildman–Crippen MR) is 98.6 cm³/mol. The second-order valence-electron chi connectivity index (χ2n) is 6.42. The van der Waals surface area contributed by atoms with E-state index in [0.29, 0.717) is 28.1 Å². The summed E-state index contributed by atoms with van der Waals surface area (Å²) in [4.78, 5) is 29.0. The summed E-state index contributed by atoms with van der Waals surface area (Å²) in [7, 11) is 1.56. The number of rotatable bonds is 7. The minimum absolute atomic E-state index is 0.236. The van der Waals surface area contributed by atoms with E-state index in [1.807, 2.05) is 13.0 Å². The Labute approximate surface area is 151 Å². The van der Waals surface area contributed by atoms with Gasteiger partial charge in [0.25, 0.3) is 5.91 Å². The van der Waals surface area contributed by atoms with Gasteiger partial charge in [-0.2, -0.15) is 0 Å². The minimum Gasteiger partial charge on any atom is -0.497 e. The third-order valence-corrected chi connectivity index (χ3v) is 4.49. The molecule has 1 saturated carbocycles. The standard InChI is InChI=1S/C20H22N2O4/c1-3-4-5-17(20(24)25)22-19(23)15-11-18(12-6-7-12)21-16-9-8-13(26-2)10-14(15)16/h3-4,8-12,17H,5-7H2,1-2H3,(H,22,23)(H,24,25)/b4-3+. The smallest absolute Gasteiger partial charge is 0.326 e. The first-order valence-electron chi connectivity index (χ1n) is 8.67. The highest BCUT2D eigenvalue weighted by Gasteiger charge is 2.28. The van der Waals surface area contributed by atoms with Crippen molar-refractivity contribution in [2.75, 3.05) is 7.11 Å². The van der Waals surface area contributed by atoms with Gasteiger partial charge in [0.15, 0.2) is 0 Å². The van der Waals surface area contributed by atoms with E-state index in [-0.39, 0.29) is 6.42 Å². The molecule has 1 heterocycles. The molecule has 0 bridgehead atoms. The number of carbonyl (C=O) groups is 2. The number of carboxylic acids is 1. The summed E-state index contributed by atoms with van der Waals surface area (Å²) < 4.78 is 5.26. The average molecular weight is 354 g/mol. The molecule has 26 heavy (non-hydrogen) atoms. The zero-order valence-corrected chi connectivity index (χ0v) is 14.9. The number of carboxylic acid groups (broad SMARTS) is 1. The highest BCUT2D eigenvalue weighted by Crippen LogP contribution is 2.40. The van der Waals surface area contributed by atoms with Gasteiger partial charge in [-0.25, -0.2) is 4.79 Å². The number of nitrogens with zero attached hydrogens (tertiary/aromatic N) is 1. The number of allylic oxidation sites excluding steroid dienone is 1. The summed E-state index contributed by atoms with van der Waals surface area (Å²) in [5.74, 6) is -0.471. The van der Waals surface area contributed by atoms with E-state index in [1.54, 1.807) is 37.5 Å². The second kappa shape index (κ2) is 7.56. The summed E-state index contributed by atoms with van der Waals surface area (Å²) >= 11 is 0. The van der Waals surface area contributed by atoms with Gasteiger partial charge in [-0.3, -0.25) is 9.78 Å². The van der Waals surface area contributed by atoms with Crippen LogP contribution in [0.2, 0.25) is 0 Å². The van der Waals surface area contributed by atoms with E-state index >= 15 is 0 Å². The van der Waals surface area contributed by atoms with Crippen LogP contribution in [0.25, 0.3) is 10.9 Å². The zero-order valence-electron chi connectivity index (χ0n) is 14.9. The number of pyridine rings is 1. The van der Waals surface area contributed by atoms with E-state index in [4.69, 9.17) is 4.74 Å². The van der Waals surface area contributed by atoms with E-state index < -0.39 is 17.9 Å². The Morgan fingerprint density at radius 1 is 1.38 bits per heavy atom. The summed E-state index contributed by atoms with van der Waals surface area (Å²) in [5, 5.41) is 12.6. The van der Waals surface area contributed by atoms with Gasteiger partial charge >= 0.3 is 5.97 Å². The van der Waals surface area contributed by atoms with E-state index in [9.17, 15) is 14.7 Å². The highest BCUT2D eigenvalue weighted by molar-refractivity contribution is 6.07. The number of hydrogen-bond donors (Lipinski definition) is 2. The Balaban J connectivity index is 2.00. The minimum atomic E-state index is -1.06. The number of ether oxygens (including phenoxy) is 1. The molecule has 6 nitrogen and oxygen atoms in total. The molecule has 1 aromatic carbocycles. The molecule has 0 spiro atoms. The Morgan fingerprint density at radius 3 is 2.77 bits per heavy atom. The van der Waals surface area contributed by atoms with Crippen molar-refractivity contribution in [2.45, 2.75) is 38.1 Å². The van der Waals surface area contributed by atoms with Crippen LogP contribution in [0.3, 0.4) is 0 Å². The van der Waals surface area contributed by atoms with Crippen LogP contribution in [0.5, 0.6) is 5.75 Å². The molecule has 3 rings (SSSR count). The summed E-state index contributed by atoms with van der Waals surface area (Å²) in [6.45, 7) is 1.81. The van der Waals surface area contributed by atoms with E-state index in [2.05, 4.69) is 10.3 Å². The fourth-order valence-corrected chi connectivity index (χ4v) is 2.86. The number of amides is 1. The van der Waals surface area contributed by atoms with E-state index in [0.717, 1.165) is 18.5 Å². The first kappa shape index (κ1) is 17.9. The molecular formula is C20H22N2O4. The van der Waals surface area contributed by atoms with Gasteiger partial charge in [-0.1, -0.05) is 12.2 Å². The number of carbonyl (C=O) groups excluding carboxylic acids is 1. The second-order valence-corrected chi connectivity index (χ2v) is 6.42. The molecule has 2 aromatic rings. The Morgan fingerprint density at radius 2 is 2.15 bits per heavy atom. The van der Waals surface area contributed by atoms with Gasteiger partial charge in [0.05, 0.1) is 18.2 Å². The molecule has 6 heteroatoms. The van der Waals surface area contributed by atoms with Crippen molar-refractivity contribution in [3.8, 4) is 5.75 Å². The fourth-order valence-electron chi connectivity index (χ4n) is 2.86. The SMILES string of the molecule is C/C=C/CC(NC(=O)c1cc(C2CC2)nc2ccc(OC)cc12)C(=O)O. The molecule has 1 aliphatic carbocycles. The van der Waals surface area contributed by atoms with Crippen molar-refractivity contribution < 1.29 is 19.4 Å². The van der Waals surface area contributed by atoms with Crippen LogP contribution in [-0.2, 0) is 4.79 Å². The number of methoxy groups -OCH3 is 1. The molecule has 1 amide bonds. The Kier molecular flexibility index (Phi) is 5.21. The Hall–Kier alpha value is -2.89. The lowest BCUT2D eigenvalue weighted by molar-refractivity contribution is -0.139. The quantitative estimate of drug-likeness (QED) is 0.745. The topological polar surface area (TPSA) is 88.5 Å². The molecule has 1 unspecified atom stereocenters. The first-order valence-corrected chi connectivity index (χ1v) is 8.67. The monoisotopic (exact) mass is 354 g/mol. The van der Waals surface area contributed by atoms with Crippen LogP contribution in [0.15, 0.2) is 36.4 Å². The van der Waals surface area contributed by atoms with Crippen LogP contribution in [0.4, 0.5) is 0 Å². The highest BCUT2D eigenvalue weighted by atomic mass is 16.5. The molecule has 0 saturated heterocycles. The number of aliphatic carboxylic acids is 1. The maximum atomic E-state index is 12.9. The van der Waals surface area contributed by atoms with Crippen molar-refractivity contribution >= 4 is 22.8 Å². The number of fused-ring (bicyclic) bond motifs is 1. The molecule has 2 N–H and O–H groups in total. The van der Waals surface area contributed by atoms with Gasteiger partial charge in [0, 0.05) is 17.0 Å². The molecule has 1 fully saturated rings. The van der Waals surface area contributed by atoms with Crippen molar-refractivity contribution in [3.63, 3.8) is 0 Å². The van der Waals surface area contributed by atoms with Gasteiger partial charge in [0.2, 0.25) is 0 Å². The molecule has 1 aliphatic rings. The summed E-state index contributed by atoms with van der Waals surface area (Å²) in [6, 6.07) is 6.20. The fraction of sp³-hybridized carbons (Fsp3) is 0.350. The molecule has 136 valence electrons. The average Bonchev–Trinajstić information content (AvgIpc) is 3.48. The van der Waals surface area contributed by atoms with Crippen molar-refractivity contribution in [1.82, 2.24) is 10.3 Å². The zero-order chi connectivity index (χ0) is 18.7. The van der Waals surface area contributed by atoms with Crippen molar-refractivity contribution in [1.29, 1.82) is 0 Å². The van der Waals surface area contributed by atoms with Crippen LogP contribution in [0.1, 0.15) is 48.2 Å². The lowest BCUT2D eigenvalue weighted by atomic mass is 10.0. The van der Waals surface area contributed by atoms with E-state index in [1.165, 1.54) is 0 Å². The van der Waals surface area contributed by atoms with Gasteiger partial charge in [-0.15, -0.1) is 0 Å². The van der Waals surface area contributed by atoms with Crippen LogP contribution in [-0.4, -0.2) is 35.1 Å². The molecule has 1 atom stereocenters. The number of aromatic nitrogens is 1. The van der Waals surface area contributed by atoms with Gasteiger partial charge < -0.3 is 15.2 Å². The Bertz CT molecular complexity index is 871. The third-order valence-electron chi connectivity index (χ3n) is 4.49. The maximum absolute atomic E-state index is 12.9. The third kappa shape index (κ3) is 3.85. The molecule has 0 radical (unpaired) electrons. The molecule has 0 aliphatic heterocycles. The number of benzene rings is 1. The number of hydrogen-bond acceptors (Lipinski definition) is 4. The van der Waals surface area contributed by atoms with Crippen LogP contribution in [0, 0.1) is 0 Å². The van der Waals surface area contributed by atoms with Crippen LogP contribution < -0.4 is 10.1 Å². The van der Waals surface area contributed by atoms with Crippen molar-refractivity contribution in [3.05, 3.63) is 47.7 Å². The molecule has 1 aromatic heterocycles. The van der Waals surface area contributed by atoms with Crippen LogP contribution >= 0.6 is 0 Å². The molecular weight excluding hydrogens is 332 g/mol. The van der Waals surface area contributed by atoms with Gasteiger partial charge in [0.1, 0.15) is 11.8 Å². The largest absolute Gasteiger partial charge is 0.497 e. The predicted octanol–water partition coefficient (Wildman–Crippen LogP) is 3.27. The van der Waals surface area contributed by atoms with Gasteiger partial charge in [-0.05, 0) is 50.5 Å². The summed E-state index contributed by atoms with van der Waals surface area (Å²) in [5.41, 5.74) is 2.02. The van der Waals surface area contributed by atoms with Crippen molar-refractivity contribution in [2.24, 2.45) is 0 Å². The lowest BCUT2D eigenvalue weighted by Crippen LogP contribution is -2.40. The lowest BCUT2D eigenvalue weighted by Gasteiger charge is -2.15. The normalized spacial score (nSPS) is 15.2. The maximum Gasteiger partial charge on any atom is 0.326 e.